The molecule has 0 spiro atoms. The molecule has 110 valence electrons. The lowest BCUT2D eigenvalue weighted by molar-refractivity contribution is -0.502. The lowest BCUT2D eigenvalue weighted by Gasteiger charge is -2.21. The second-order valence-electron chi connectivity index (χ2n) is 5.56. The SMILES string of the molecule is CCCCC/C=C/C(O)C/C=[N+](\[O-])C1CCCCC1. The highest BCUT2D eigenvalue weighted by molar-refractivity contribution is 5.52. The lowest BCUT2D eigenvalue weighted by Crippen LogP contribution is -2.25. The molecule has 1 aliphatic rings. The minimum Gasteiger partial charge on any atom is -0.624 e. The Bertz CT molecular complexity index is 280. The fourth-order valence-corrected chi connectivity index (χ4v) is 2.54. The molecular formula is C16H29NO2. The number of rotatable bonds is 8. The Labute approximate surface area is 117 Å². The molecule has 1 fully saturated rings. The molecule has 0 saturated heterocycles. The molecule has 0 aromatic rings. The molecule has 0 aromatic heterocycles. The second kappa shape index (κ2) is 10.0. The number of aliphatic hydroxyl groups excluding tert-OH is 1. The summed E-state index contributed by atoms with van der Waals surface area (Å²) >= 11 is 0. The fraction of sp³-hybridized carbons (Fsp3) is 0.812. The molecule has 0 amide bonds. The van der Waals surface area contributed by atoms with E-state index >= 15 is 0 Å². The monoisotopic (exact) mass is 267 g/mol. The van der Waals surface area contributed by atoms with Crippen LogP contribution in [0, 0.1) is 5.21 Å². The zero-order chi connectivity index (χ0) is 13.9. The van der Waals surface area contributed by atoms with Crippen LogP contribution in [0.4, 0.5) is 0 Å². The van der Waals surface area contributed by atoms with Gasteiger partial charge in [0.05, 0.1) is 12.5 Å². The first kappa shape index (κ1) is 16.2. The van der Waals surface area contributed by atoms with Crippen LogP contribution in [0.1, 0.15) is 71.1 Å². The van der Waals surface area contributed by atoms with Crippen LogP contribution in [-0.2, 0) is 0 Å². The van der Waals surface area contributed by atoms with E-state index in [0.717, 1.165) is 36.8 Å². The maximum atomic E-state index is 11.8. The molecule has 1 saturated carbocycles. The van der Waals surface area contributed by atoms with Crippen LogP contribution in [-0.4, -0.2) is 28.2 Å². The third-order valence-corrected chi connectivity index (χ3v) is 3.79. The van der Waals surface area contributed by atoms with Crippen molar-refractivity contribution >= 4 is 6.21 Å². The lowest BCUT2D eigenvalue weighted by atomic mass is 9.96. The number of hydrogen-bond acceptors (Lipinski definition) is 2. The van der Waals surface area contributed by atoms with E-state index in [1.807, 2.05) is 12.2 Å². The average molecular weight is 267 g/mol. The quantitative estimate of drug-likeness (QED) is 0.182. The predicted molar refractivity (Wildman–Crippen MR) is 80.5 cm³/mol. The molecule has 0 radical (unpaired) electrons. The van der Waals surface area contributed by atoms with Gasteiger partial charge in [-0.3, -0.25) is 0 Å². The molecule has 3 heteroatoms. The number of aliphatic hydroxyl groups is 1. The van der Waals surface area contributed by atoms with Crippen molar-refractivity contribution in [2.24, 2.45) is 0 Å². The van der Waals surface area contributed by atoms with Gasteiger partial charge in [0.2, 0.25) is 0 Å². The van der Waals surface area contributed by atoms with Crippen molar-refractivity contribution in [2.45, 2.75) is 83.3 Å². The maximum Gasteiger partial charge on any atom is 0.162 e. The largest absolute Gasteiger partial charge is 0.624 e. The van der Waals surface area contributed by atoms with Crippen molar-refractivity contribution in [3.05, 3.63) is 17.4 Å². The third-order valence-electron chi connectivity index (χ3n) is 3.79. The summed E-state index contributed by atoms with van der Waals surface area (Å²) in [4.78, 5) is 0. The van der Waals surface area contributed by atoms with Crippen molar-refractivity contribution in [3.63, 3.8) is 0 Å². The van der Waals surface area contributed by atoms with E-state index in [0.29, 0.717) is 6.42 Å². The van der Waals surface area contributed by atoms with E-state index in [4.69, 9.17) is 0 Å². The number of hydrogen-bond donors (Lipinski definition) is 1. The summed E-state index contributed by atoms with van der Waals surface area (Å²) in [5.74, 6) is 0. The molecule has 3 nitrogen and oxygen atoms in total. The summed E-state index contributed by atoms with van der Waals surface area (Å²) in [7, 11) is 0. The van der Waals surface area contributed by atoms with Crippen molar-refractivity contribution in [3.8, 4) is 0 Å². The highest BCUT2D eigenvalue weighted by Crippen LogP contribution is 2.19. The Morgan fingerprint density at radius 3 is 2.68 bits per heavy atom. The molecule has 0 bridgehead atoms. The Kier molecular flexibility index (Phi) is 8.55. The van der Waals surface area contributed by atoms with E-state index < -0.39 is 6.10 Å². The van der Waals surface area contributed by atoms with Crippen LogP contribution in [0.2, 0.25) is 0 Å². The van der Waals surface area contributed by atoms with Crippen LogP contribution in [0.15, 0.2) is 12.2 Å². The molecular weight excluding hydrogens is 238 g/mol. The van der Waals surface area contributed by atoms with Gasteiger partial charge in [-0.25, -0.2) is 4.74 Å². The summed E-state index contributed by atoms with van der Waals surface area (Å²) in [6.45, 7) is 2.18. The van der Waals surface area contributed by atoms with E-state index in [9.17, 15) is 10.3 Å². The van der Waals surface area contributed by atoms with Crippen molar-refractivity contribution in [2.75, 3.05) is 0 Å². The Balaban J connectivity index is 2.21. The van der Waals surface area contributed by atoms with Gasteiger partial charge in [0.25, 0.3) is 0 Å². The van der Waals surface area contributed by atoms with Crippen LogP contribution in [0.3, 0.4) is 0 Å². The van der Waals surface area contributed by atoms with E-state index in [-0.39, 0.29) is 6.04 Å². The molecule has 1 rings (SSSR count). The zero-order valence-electron chi connectivity index (χ0n) is 12.3. The number of unbranched alkanes of at least 4 members (excludes halogenated alkanes) is 3. The minimum atomic E-state index is -0.512. The normalized spacial score (nSPS) is 20.0. The van der Waals surface area contributed by atoms with Crippen LogP contribution >= 0.6 is 0 Å². The van der Waals surface area contributed by atoms with Gasteiger partial charge in [-0.1, -0.05) is 38.3 Å². The van der Waals surface area contributed by atoms with Gasteiger partial charge in [0, 0.05) is 12.8 Å². The molecule has 1 N–H and O–H groups in total. The molecule has 1 aliphatic carbocycles. The Hall–Kier alpha value is -0.830. The summed E-state index contributed by atoms with van der Waals surface area (Å²) in [6, 6.07) is 0.148. The van der Waals surface area contributed by atoms with Crippen molar-refractivity contribution in [1.29, 1.82) is 0 Å². The second-order valence-corrected chi connectivity index (χ2v) is 5.56. The number of allylic oxidation sites excluding steroid dienone is 1. The molecule has 19 heavy (non-hydrogen) atoms. The average Bonchev–Trinajstić information content (AvgIpc) is 2.45. The predicted octanol–water partition coefficient (Wildman–Crippen LogP) is 3.79. The van der Waals surface area contributed by atoms with E-state index in [1.54, 1.807) is 6.21 Å². The first-order chi connectivity index (χ1) is 9.24. The highest BCUT2D eigenvalue weighted by Gasteiger charge is 2.19. The topological polar surface area (TPSA) is 46.3 Å². The summed E-state index contributed by atoms with van der Waals surface area (Å²) in [5.41, 5.74) is 0. The van der Waals surface area contributed by atoms with Crippen molar-refractivity contribution in [1.82, 2.24) is 0 Å². The van der Waals surface area contributed by atoms with Crippen molar-refractivity contribution < 1.29 is 9.85 Å². The van der Waals surface area contributed by atoms with Gasteiger partial charge in [-0.2, -0.15) is 0 Å². The van der Waals surface area contributed by atoms with Gasteiger partial charge >= 0.3 is 0 Å². The van der Waals surface area contributed by atoms with E-state index in [1.165, 1.54) is 25.7 Å². The Morgan fingerprint density at radius 1 is 1.26 bits per heavy atom. The fourth-order valence-electron chi connectivity index (χ4n) is 2.54. The van der Waals surface area contributed by atoms with Crippen LogP contribution in [0.5, 0.6) is 0 Å². The van der Waals surface area contributed by atoms with E-state index in [2.05, 4.69) is 6.92 Å². The van der Waals surface area contributed by atoms with Crippen LogP contribution < -0.4 is 0 Å². The van der Waals surface area contributed by atoms with Gasteiger partial charge < -0.3 is 10.3 Å². The smallest absolute Gasteiger partial charge is 0.162 e. The molecule has 1 unspecified atom stereocenters. The zero-order valence-corrected chi connectivity index (χ0v) is 12.3. The summed E-state index contributed by atoms with van der Waals surface area (Å²) in [5, 5.41) is 21.6. The number of hydroxylamine groups is 1. The molecule has 1 atom stereocenters. The van der Waals surface area contributed by atoms with Gasteiger partial charge in [-0.15, -0.1) is 0 Å². The summed E-state index contributed by atoms with van der Waals surface area (Å²) < 4.78 is 1.08. The molecule has 0 heterocycles. The van der Waals surface area contributed by atoms with Crippen LogP contribution in [0.25, 0.3) is 0 Å². The molecule has 0 aromatic carbocycles. The van der Waals surface area contributed by atoms with Gasteiger partial charge in [0.15, 0.2) is 12.3 Å². The highest BCUT2D eigenvalue weighted by atomic mass is 16.5. The third kappa shape index (κ3) is 7.36. The Morgan fingerprint density at radius 2 is 2.00 bits per heavy atom. The molecule has 0 aliphatic heterocycles. The standard InChI is InChI=1S/C16H29NO2/c1-2-3-4-5-9-12-16(18)13-14-17(19)15-10-7-6-8-11-15/h9,12,14-16,18H,2-8,10-11,13H2,1H3/b12-9+,17-14-. The number of nitrogens with zero attached hydrogens (tertiary/aromatic N) is 1. The first-order valence-electron chi connectivity index (χ1n) is 7.87. The maximum absolute atomic E-state index is 11.8. The summed E-state index contributed by atoms with van der Waals surface area (Å²) in [6.07, 6.45) is 15.6. The first-order valence-corrected chi connectivity index (χ1v) is 7.87. The minimum absolute atomic E-state index is 0.148. The van der Waals surface area contributed by atoms with Gasteiger partial charge in [-0.05, 0) is 25.7 Å². The van der Waals surface area contributed by atoms with Gasteiger partial charge in [0.1, 0.15) is 0 Å².